The minimum absolute atomic E-state index is 0.369. The molecule has 3 heteroatoms. The summed E-state index contributed by atoms with van der Waals surface area (Å²) in [6, 6.07) is 0. The Morgan fingerprint density at radius 1 is 0.833 bits per heavy atom. The van der Waals surface area contributed by atoms with Crippen LogP contribution in [0.4, 0.5) is 0 Å². The topological polar surface area (TPSA) is 18.5 Å². The first-order chi connectivity index (χ1) is 8.85. The molecule has 0 rings (SSSR count). The third-order valence-corrected chi connectivity index (χ3v) is 3.10. The van der Waals surface area contributed by atoms with Crippen LogP contribution in [0.25, 0.3) is 0 Å². The van der Waals surface area contributed by atoms with Crippen LogP contribution in [0.2, 0.25) is 0 Å². The molecule has 0 aromatic rings. The quantitative estimate of drug-likeness (QED) is 0.241. The molecule has 18 heavy (non-hydrogen) atoms. The van der Waals surface area contributed by atoms with Crippen LogP contribution in [-0.2, 0) is 9.47 Å². The lowest BCUT2D eigenvalue weighted by molar-refractivity contribution is -0.0595. The van der Waals surface area contributed by atoms with Crippen LogP contribution in [0.3, 0.4) is 0 Å². The van der Waals surface area contributed by atoms with Gasteiger partial charge in [0, 0.05) is 26.5 Å². The zero-order chi connectivity index (χ0) is 13.5. The van der Waals surface area contributed by atoms with Gasteiger partial charge in [-0.15, -0.1) is 11.6 Å². The molecule has 0 heterocycles. The molecule has 0 bridgehead atoms. The maximum absolute atomic E-state index is 5.63. The fraction of sp³-hybridized carbons (Fsp3) is 0.867. The lowest BCUT2D eigenvalue weighted by Gasteiger charge is -2.03. The van der Waals surface area contributed by atoms with Gasteiger partial charge >= 0.3 is 0 Å². The summed E-state index contributed by atoms with van der Waals surface area (Å²) in [5.41, 5.74) is 0. The SMILES string of the molecule is COC(C#CCCCCCCCCCCCl)OC. The molecule has 0 N–H and O–H groups in total. The summed E-state index contributed by atoms with van der Waals surface area (Å²) in [4.78, 5) is 0. The van der Waals surface area contributed by atoms with Gasteiger partial charge in [-0.1, -0.05) is 44.4 Å². The molecule has 0 amide bonds. The molecule has 2 nitrogen and oxygen atoms in total. The van der Waals surface area contributed by atoms with E-state index in [4.69, 9.17) is 21.1 Å². The lowest BCUT2D eigenvalue weighted by atomic mass is 10.1. The average molecular weight is 275 g/mol. The van der Waals surface area contributed by atoms with Crippen LogP contribution >= 0.6 is 11.6 Å². The summed E-state index contributed by atoms with van der Waals surface area (Å²) in [6.45, 7) is 0. The number of halogens is 1. The minimum Gasteiger partial charge on any atom is -0.345 e. The first-order valence-electron chi connectivity index (χ1n) is 6.95. The van der Waals surface area contributed by atoms with Crippen molar-refractivity contribution in [2.75, 3.05) is 20.1 Å². The molecular weight excluding hydrogens is 248 g/mol. The molecule has 0 atom stereocenters. The molecule has 106 valence electrons. The molecule has 0 fully saturated rings. The molecule has 0 aliphatic carbocycles. The maximum atomic E-state index is 5.63. The second kappa shape index (κ2) is 14.8. The van der Waals surface area contributed by atoms with Crippen molar-refractivity contribution in [1.82, 2.24) is 0 Å². The van der Waals surface area contributed by atoms with Crippen molar-refractivity contribution in [2.24, 2.45) is 0 Å². The van der Waals surface area contributed by atoms with Crippen molar-refractivity contribution >= 4 is 11.6 Å². The van der Waals surface area contributed by atoms with E-state index in [9.17, 15) is 0 Å². The van der Waals surface area contributed by atoms with Gasteiger partial charge in [-0.3, -0.25) is 0 Å². The highest BCUT2D eigenvalue weighted by molar-refractivity contribution is 6.17. The first-order valence-corrected chi connectivity index (χ1v) is 7.48. The van der Waals surface area contributed by atoms with Crippen molar-refractivity contribution in [3.8, 4) is 11.8 Å². The summed E-state index contributed by atoms with van der Waals surface area (Å²) < 4.78 is 9.97. The second-order valence-electron chi connectivity index (χ2n) is 4.39. The number of methoxy groups -OCH3 is 2. The summed E-state index contributed by atoms with van der Waals surface area (Å²) in [5.74, 6) is 6.84. The van der Waals surface area contributed by atoms with Crippen molar-refractivity contribution in [3.63, 3.8) is 0 Å². The van der Waals surface area contributed by atoms with Gasteiger partial charge in [-0.2, -0.15) is 0 Å². The van der Waals surface area contributed by atoms with Crippen molar-refractivity contribution in [3.05, 3.63) is 0 Å². The monoisotopic (exact) mass is 274 g/mol. The van der Waals surface area contributed by atoms with Gasteiger partial charge in [0.1, 0.15) is 0 Å². The molecule has 0 spiro atoms. The Morgan fingerprint density at radius 3 is 1.83 bits per heavy atom. The molecule has 0 aromatic carbocycles. The summed E-state index contributed by atoms with van der Waals surface area (Å²) in [5, 5.41) is 0. The molecule has 0 unspecified atom stereocenters. The zero-order valence-corrected chi connectivity index (χ0v) is 12.6. The van der Waals surface area contributed by atoms with E-state index in [0.717, 1.165) is 18.7 Å². The van der Waals surface area contributed by atoms with Crippen LogP contribution in [0.15, 0.2) is 0 Å². The van der Waals surface area contributed by atoms with E-state index in [1.54, 1.807) is 14.2 Å². The zero-order valence-electron chi connectivity index (χ0n) is 11.8. The van der Waals surface area contributed by atoms with Crippen molar-refractivity contribution in [1.29, 1.82) is 0 Å². The molecule has 0 aliphatic rings. The molecular formula is C15H27ClO2. The predicted molar refractivity (Wildman–Crippen MR) is 77.9 cm³/mol. The highest BCUT2D eigenvalue weighted by Gasteiger charge is 1.96. The predicted octanol–water partition coefficient (Wildman–Crippen LogP) is 4.36. The Morgan fingerprint density at radius 2 is 1.33 bits per heavy atom. The van der Waals surface area contributed by atoms with E-state index in [-0.39, 0.29) is 6.29 Å². The van der Waals surface area contributed by atoms with E-state index in [1.165, 1.54) is 44.9 Å². The molecule has 0 radical (unpaired) electrons. The fourth-order valence-electron chi connectivity index (χ4n) is 1.74. The van der Waals surface area contributed by atoms with Gasteiger partial charge in [-0.25, -0.2) is 0 Å². The van der Waals surface area contributed by atoms with E-state index in [0.29, 0.717) is 0 Å². The highest BCUT2D eigenvalue weighted by atomic mass is 35.5. The van der Waals surface area contributed by atoms with Gasteiger partial charge in [0.2, 0.25) is 6.29 Å². The summed E-state index contributed by atoms with van der Waals surface area (Å²) >= 11 is 5.63. The minimum atomic E-state index is -0.369. The van der Waals surface area contributed by atoms with Gasteiger partial charge in [-0.05, 0) is 18.8 Å². The van der Waals surface area contributed by atoms with Gasteiger partial charge < -0.3 is 9.47 Å². The lowest BCUT2D eigenvalue weighted by Crippen LogP contribution is -2.09. The number of alkyl halides is 1. The Hall–Kier alpha value is -0.230. The Kier molecular flexibility index (Phi) is 14.6. The van der Waals surface area contributed by atoms with Crippen LogP contribution in [-0.4, -0.2) is 26.4 Å². The molecule has 0 saturated carbocycles. The Labute approximate surface area is 117 Å². The number of hydrogen-bond donors (Lipinski definition) is 0. The van der Waals surface area contributed by atoms with Crippen LogP contribution in [0, 0.1) is 11.8 Å². The summed E-state index contributed by atoms with van der Waals surface area (Å²) in [6.07, 6.45) is 10.8. The van der Waals surface area contributed by atoms with Crippen molar-refractivity contribution in [2.45, 2.75) is 64.1 Å². The fourth-order valence-corrected chi connectivity index (χ4v) is 1.93. The third kappa shape index (κ3) is 12.2. The molecule has 0 aromatic heterocycles. The van der Waals surface area contributed by atoms with Crippen LogP contribution in [0.1, 0.15) is 57.8 Å². The van der Waals surface area contributed by atoms with Gasteiger partial charge in [0.15, 0.2) is 0 Å². The number of rotatable bonds is 11. The Bertz CT molecular complexity index is 216. The smallest absolute Gasteiger partial charge is 0.221 e. The third-order valence-electron chi connectivity index (χ3n) is 2.83. The largest absolute Gasteiger partial charge is 0.345 e. The van der Waals surface area contributed by atoms with E-state index >= 15 is 0 Å². The highest BCUT2D eigenvalue weighted by Crippen LogP contribution is 2.09. The number of ether oxygens (including phenoxy) is 2. The first kappa shape index (κ1) is 17.8. The maximum Gasteiger partial charge on any atom is 0.221 e. The van der Waals surface area contributed by atoms with Crippen LogP contribution < -0.4 is 0 Å². The molecule has 0 aliphatic heterocycles. The average Bonchev–Trinajstić information content (AvgIpc) is 2.40. The van der Waals surface area contributed by atoms with Gasteiger partial charge in [0.05, 0.1) is 0 Å². The second-order valence-corrected chi connectivity index (χ2v) is 4.77. The van der Waals surface area contributed by atoms with E-state index in [1.807, 2.05) is 0 Å². The standard InChI is InChI=1S/C15H27ClO2/c1-17-15(18-2)13-11-9-7-5-3-4-6-8-10-12-14-16/h15H,3-10,12,14H2,1-2H3. The van der Waals surface area contributed by atoms with E-state index in [2.05, 4.69) is 11.8 Å². The van der Waals surface area contributed by atoms with Gasteiger partial charge in [0.25, 0.3) is 0 Å². The van der Waals surface area contributed by atoms with Crippen molar-refractivity contribution < 1.29 is 9.47 Å². The summed E-state index contributed by atoms with van der Waals surface area (Å²) in [7, 11) is 3.21. The number of unbranched alkanes of at least 4 members (excludes halogenated alkanes) is 8. The normalized spacial score (nSPS) is 10.4. The van der Waals surface area contributed by atoms with Crippen LogP contribution in [0.5, 0.6) is 0 Å². The molecule has 0 saturated heterocycles. The van der Waals surface area contributed by atoms with E-state index < -0.39 is 0 Å². The Balaban J connectivity index is 3.20. The number of hydrogen-bond acceptors (Lipinski definition) is 2.